The van der Waals surface area contributed by atoms with Gasteiger partial charge >= 0.3 is 5.97 Å². The summed E-state index contributed by atoms with van der Waals surface area (Å²) in [6.07, 6.45) is 11.0. The normalized spacial score (nSPS) is 35.8. The van der Waals surface area contributed by atoms with Gasteiger partial charge in [0.1, 0.15) is 6.04 Å². The number of ether oxygens (including phenoxy) is 1. The van der Waals surface area contributed by atoms with Gasteiger partial charge in [0.2, 0.25) is 0 Å². The van der Waals surface area contributed by atoms with Crippen molar-refractivity contribution in [1.82, 2.24) is 5.32 Å². The average Bonchev–Trinajstić information content (AvgIpc) is 3.22. The monoisotopic (exact) mass is 522 g/mol. The number of allylic oxidation sites excluding steroid dienone is 2. The van der Waals surface area contributed by atoms with E-state index in [2.05, 4.69) is 30.4 Å². The lowest BCUT2D eigenvalue weighted by molar-refractivity contribution is -0.145. The van der Waals surface area contributed by atoms with Crippen LogP contribution in [-0.4, -0.2) is 48.6 Å². The Bertz CT molecular complexity index is 1100. The lowest BCUT2D eigenvalue weighted by atomic mass is 9.47. The maximum absolute atomic E-state index is 12.5. The van der Waals surface area contributed by atoms with E-state index in [1.807, 2.05) is 30.3 Å². The van der Waals surface area contributed by atoms with E-state index in [-0.39, 0.29) is 23.5 Å². The summed E-state index contributed by atoms with van der Waals surface area (Å²) in [4.78, 5) is 30.2. The molecular formula is C31H42N2O5. The third kappa shape index (κ3) is 5.02. The van der Waals surface area contributed by atoms with Gasteiger partial charge in [-0.1, -0.05) is 54.9 Å². The lowest BCUT2D eigenvalue weighted by Gasteiger charge is -2.57. The van der Waals surface area contributed by atoms with Crippen LogP contribution in [-0.2, 0) is 25.6 Å². The molecule has 3 saturated carbocycles. The van der Waals surface area contributed by atoms with Crippen molar-refractivity contribution in [3.8, 4) is 0 Å². The molecule has 4 aliphatic rings. The van der Waals surface area contributed by atoms with Crippen molar-refractivity contribution in [1.29, 1.82) is 0 Å². The number of methoxy groups -OCH3 is 1. The number of oxime groups is 1. The first-order valence-electron chi connectivity index (χ1n) is 14.2. The van der Waals surface area contributed by atoms with Gasteiger partial charge in [0, 0.05) is 6.42 Å². The molecule has 1 amide bonds. The van der Waals surface area contributed by atoms with Crippen molar-refractivity contribution in [2.24, 2.45) is 33.7 Å². The number of aliphatic hydroxyl groups excluding tert-OH is 1. The number of hydrogen-bond donors (Lipinski definition) is 2. The predicted octanol–water partition coefficient (Wildman–Crippen LogP) is 4.58. The summed E-state index contributed by atoms with van der Waals surface area (Å²) < 4.78 is 4.87. The third-order valence-electron chi connectivity index (χ3n) is 10.4. The van der Waals surface area contributed by atoms with Gasteiger partial charge in [0.05, 0.1) is 18.9 Å². The van der Waals surface area contributed by atoms with Crippen LogP contribution in [0.15, 0.2) is 47.1 Å². The fourth-order valence-corrected chi connectivity index (χ4v) is 8.21. The predicted molar refractivity (Wildman–Crippen MR) is 145 cm³/mol. The third-order valence-corrected chi connectivity index (χ3v) is 10.4. The molecular weight excluding hydrogens is 480 g/mol. The molecule has 4 aliphatic carbocycles. The summed E-state index contributed by atoms with van der Waals surface area (Å²) >= 11 is 0. The zero-order chi connectivity index (χ0) is 26.9. The maximum atomic E-state index is 12.5. The van der Waals surface area contributed by atoms with Gasteiger partial charge in [0.15, 0.2) is 6.61 Å². The fourth-order valence-electron chi connectivity index (χ4n) is 8.21. The molecule has 1 aromatic carbocycles. The highest BCUT2D eigenvalue weighted by Crippen LogP contribution is 2.65. The smallest absolute Gasteiger partial charge is 0.328 e. The maximum Gasteiger partial charge on any atom is 0.328 e. The molecule has 7 atom stereocenters. The minimum Gasteiger partial charge on any atom is -0.467 e. The second-order valence-electron chi connectivity index (χ2n) is 12.3. The molecule has 3 fully saturated rings. The molecule has 0 aliphatic heterocycles. The molecule has 0 heterocycles. The number of benzene rings is 1. The van der Waals surface area contributed by atoms with Crippen molar-refractivity contribution in [2.45, 2.75) is 83.8 Å². The highest BCUT2D eigenvalue weighted by Gasteiger charge is 2.58. The molecule has 5 rings (SSSR count). The number of rotatable bonds is 7. The molecule has 0 unspecified atom stereocenters. The number of amides is 1. The van der Waals surface area contributed by atoms with Crippen LogP contribution >= 0.6 is 0 Å². The number of carbonyl (C=O) groups is 2. The Labute approximate surface area is 226 Å². The minimum absolute atomic E-state index is 0.0996. The molecule has 7 nitrogen and oxygen atoms in total. The minimum atomic E-state index is -0.780. The van der Waals surface area contributed by atoms with Gasteiger partial charge in [-0.25, -0.2) is 4.79 Å². The van der Waals surface area contributed by atoms with E-state index in [0.717, 1.165) is 43.4 Å². The molecule has 38 heavy (non-hydrogen) atoms. The van der Waals surface area contributed by atoms with E-state index in [9.17, 15) is 14.7 Å². The first-order chi connectivity index (χ1) is 18.2. The van der Waals surface area contributed by atoms with Crippen LogP contribution < -0.4 is 5.32 Å². The van der Waals surface area contributed by atoms with Crippen molar-refractivity contribution >= 4 is 17.6 Å². The zero-order valence-corrected chi connectivity index (χ0v) is 22.9. The van der Waals surface area contributed by atoms with Crippen LogP contribution in [0.5, 0.6) is 0 Å². The van der Waals surface area contributed by atoms with E-state index in [4.69, 9.17) is 9.57 Å². The van der Waals surface area contributed by atoms with E-state index < -0.39 is 17.9 Å². The van der Waals surface area contributed by atoms with Crippen molar-refractivity contribution in [3.05, 3.63) is 47.5 Å². The summed E-state index contributed by atoms with van der Waals surface area (Å²) in [5.41, 5.74) is 3.56. The fraction of sp³-hybridized carbons (Fsp3) is 0.645. The molecule has 0 saturated heterocycles. The summed E-state index contributed by atoms with van der Waals surface area (Å²) in [6.45, 7) is 4.52. The van der Waals surface area contributed by atoms with Gasteiger partial charge in [-0.15, -0.1) is 0 Å². The zero-order valence-electron chi connectivity index (χ0n) is 22.9. The Morgan fingerprint density at radius 3 is 2.63 bits per heavy atom. The molecule has 2 N–H and O–H groups in total. The molecule has 0 aromatic heterocycles. The van der Waals surface area contributed by atoms with Crippen LogP contribution in [0.4, 0.5) is 0 Å². The van der Waals surface area contributed by atoms with Gasteiger partial charge in [0.25, 0.3) is 5.91 Å². The van der Waals surface area contributed by atoms with Gasteiger partial charge in [-0.05, 0) is 91.6 Å². The first kappa shape index (κ1) is 26.9. The van der Waals surface area contributed by atoms with Gasteiger partial charge in [-0.2, -0.15) is 0 Å². The Morgan fingerprint density at radius 2 is 1.87 bits per heavy atom. The summed E-state index contributed by atoms with van der Waals surface area (Å²) in [5.74, 6) is 1.11. The van der Waals surface area contributed by atoms with E-state index in [1.165, 1.54) is 31.9 Å². The Balaban J connectivity index is 1.18. The van der Waals surface area contributed by atoms with Crippen LogP contribution in [0.1, 0.15) is 70.8 Å². The number of carbonyl (C=O) groups excluding carboxylic acids is 2. The highest BCUT2D eigenvalue weighted by atomic mass is 16.6. The van der Waals surface area contributed by atoms with E-state index >= 15 is 0 Å². The number of hydrogen-bond acceptors (Lipinski definition) is 6. The Kier molecular flexibility index (Phi) is 7.67. The molecule has 206 valence electrons. The Hall–Kier alpha value is -2.67. The second-order valence-corrected chi connectivity index (χ2v) is 12.3. The second kappa shape index (κ2) is 10.8. The number of aliphatic hydroxyl groups is 1. The molecule has 7 heteroatoms. The van der Waals surface area contributed by atoms with Crippen LogP contribution in [0, 0.1) is 28.6 Å². The number of nitrogens with one attached hydrogen (secondary N) is 1. The van der Waals surface area contributed by atoms with Crippen LogP contribution in [0.3, 0.4) is 0 Å². The highest BCUT2D eigenvalue weighted by molar-refractivity contribution is 5.96. The number of fused-ring (bicyclic) bond motifs is 5. The molecule has 1 aromatic rings. The average molecular weight is 523 g/mol. The lowest BCUT2D eigenvalue weighted by Crippen LogP contribution is -2.51. The van der Waals surface area contributed by atoms with Gasteiger partial charge < -0.3 is 20.0 Å². The molecule has 0 bridgehead atoms. The number of nitrogens with zero attached hydrogens (tertiary/aromatic N) is 1. The quantitative estimate of drug-likeness (QED) is 0.404. The summed E-state index contributed by atoms with van der Waals surface area (Å²) in [7, 11) is 1.32. The SMILES string of the molecule is COC(=O)[C@@H](Cc1ccccc1)NC(=O)CO/N=C1/C=C2CC[C@H]3[C@@H]4CC[C@H](O)[C@@]4(C)CC[C@@H]3[C@@]2(C)CC1. The van der Waals surface area contributed by atoms with Crippen LogP contribution in [0.2, 0.25) is 0 Å². The van der Waals surface area contributed by atoms with Crippen molar-refractivity contribution < 1.29 is 24.3 Å². The van der Waals surface area contributed by atoms with Crippen molar-refractivity contribution in [2.75, 3.05) is 13.7 Å². The summed E-state index contributed by atoms with van der Waals surface area (Å²) in [5, 5.41) is 17.7. The Morgan fingerprint density at radius 1 is 1.08 bits per heavy atom. The van der Waals surface area contributed by atoms with Gasteiger partial charge in [-0.3, -0.25) is 4.79 Å². The molecule has 0 radical (unpaired) electrons. The van der Waals surface area contributed by atoms with Crippen LogP contribution in [0.25, 0.3) is 0 Å². The van der Waals surface area contributed by atoms with E-state index in [0.29, 0.717) is 24.2 Å². The first-order valence-corrected chi connectivity index (χ1v) is 14.2. The van der Waals surface area contributed by atoms with Crippen molar-refractivity contribution in [3.63, 3.8) is 0 Å². The standard InChI is InChI=1S/C31H42N2O5/c1-30-15-13-22(18-21(30)9-10-23-24-11-12-27(34)31(24,2)16-14-25(23)30)33-38-19-28(35)32-26(29(36)37-3)17-20-7-5-4-6-8-20/h4-8,18,23-27,34H,9-17,19H2,1-3H3,(H,32,35)/b33-22+/t23-,24-,25-,26+,27-,30-,31-/m0/s1. The largest absolute Gasteiger partial charge is 0.467 e. The topological polar surface area (TPSA) is 97.2 Å². The number of esters is 1. The molecule has 0 spiro atoms. The van der Waals surface area contributed by atoms with E-state index in [1.54, 1.807) is 0 Å². The summed E-state index contributed by atoms with van der Waals surface area (Å²) in [6, 6.07) is 8.73.